The molecule has 2 fully saturated rings. The normalized spacial score (nSPS) is 23.8. The Morgan fingerprint density at radius 1 is 0.422 bits per heavy atom. The summed E-state index contributed by atoms with van der Waals surface area (Å²) in [5.74, 6) is -0.199. The maximum Gasteiger partial charge on any atom is 0.220 e. The first-order chi connectivity index (χ1) is 40.6. The van der Waals surface area contributed by atoms with E-state index in [1.165, 1.54) is 250 Å². The van der Waals surface area contributed by atoms with E-state index in [9.17, 15) is 45.6 Å². The molecule has 2 heterocycles. The highest BCUT2D eigenvalue weighted by Crippen LogP contribution is 2.30. The van der Waals surface area contributed by atoms with Gasteiger partial charge in [0.2, 0.25) is 5.91 Å². The Morgan fingerprint density at radius 2 is 0.759 bits per heavy atom. The first-order valence-corrected chi connectivity index (χ1v) is 35.4. The summed E-state index contributed by atoms with van der Waals surface area (Å²) in [5, 5.41) is 87.4. The third-order valence-corrected chi connectivity index (χ3v) is 17.7. The third kappa shape index (κ3) is 39.4. The molecule has 14 heteroatoms. The fraction of sp³-hybridized carbons (Fsp3) is 0.957. The predicted molar refractivity (Wildman–Crippen MR) is 337 cm³/mol. The number of unbranched alkanes of at least 4 members (excludes halogenated alkanes) is 44. The Bertz CT molecular complexity index is 1440. The van der Waals surface area contributed by atoms with E-state index in [0.717, 1.165) is 51.4 Å². The second kappa shape index (κ2) is 54.8. The largest absolute Gasteiger partial charge is 0.394 e. The van der Waals surface area contributed by atoms with Crippen LogP contribution in [0, 0.1) is 0 Å². The van der Waals surface area contributed by atoms with Gasteiger partial charge in [-0.3, -0.25) is 4.79 Å². The summed E-state index contributed by atoms with van der Waals surface area (Å²) in [6, 6.07) is -0.824. The molecule has 0 aromatic heterocycles. The van der Waals surface area contributed by atoms with E-state index >= 15 is 0 Å². The van der Waals surface area contributed by atoms with E-state index in [0.29, 0.717) is 12.8 Å². The molecule has 0 saturated carbocycles. The molecule has 14 nitrogen and oxygen atoms in total. The van der Waals surface area contributed by atoms with Crippen LogP contribution < -0.4 is 5.32 Å². The third-order valence-electron chi connectivity index (χ3n) is 17.7. The summed E-state index contributed by atoms with van der Waals surface area (Å²) >= 11 is 0. The molecule has 2 aliphatic rings. The second-order valence-corrected chi connectivity index (χ2v) is 25.4. The fourth-order valence-electron chi connectivity index (χ4n) is 12.1. The van der Waals surface area contributed by atoms with E-state index in [1.54, 1.807) is 0 Å². The molecule has 9 N–H and O–H groups in total. The van der Waals surface area contributed by atoms with E-state index in [-0.39, 0.29) is 12.5 Å². The zero-order valence-electron chi connectivity index (χ0n) is 53.5. The van der Waals surface area contributed by atoms with Gasteiger partial charge >= 0.3 is 0 Å². The van der Waals surface area contributed by atoms with Crippen molar-refractivity contribution in [3.63, 3.8) is 0 Å². The lowest BCUT2D eigenvalue weighted by Gasteiger charge is -2.46. The Labute approximate surface area is 507 Å². The molecule has 83 heavy (non-hydrogen) atoms. The molecule has 2 saturated heterocycles. The molecule has 1 amide bonds. The van der Waals surface area contributed by atoms with Crippen LogP contribution in [0.15, 0.2) is 12.2 Å². The molecule has 0 radical (unpaired) electrons. The number of nitrogens with one attached hydrogen (secondary N) is 1. The number of aliphatic hydroxyl groups excluding tert-OH is 8. The molecule has 12 atom stereocenters. The maximum absolute atomic E-state index is 13.3. The summed E-state index contributed by atoms with van der Waals surface area (Å²) in [6.07, 6.45) is 49.7. The van der Waals surface area contributed by atoms with Gasteiger partial charge < -0.3 is 65.1 Å². The van der Waals surface area contributed by atoms with Crippen LogP contribution in [0.3, 0.4) is 0 Å². The minimum absolute atomic E-state index is 0.199. The van der Waals surface area contributed by atoms with Crippen molar-refractivity contribution < 1.29 is 64.6 Å². The molecule has 0 spiro atoms. The van der Waals surface area contributed by atoms with Crippen LogP contribution in [0.4, 0.5) is 0 Å². The molecule has 0 aromatic rings. The zero-order valence-corrected chi connectivity index (χ0v) is 53.5. The first-order valence-electron chi connectivity index (χ1n) is 35.4. The number of hydrogen-bond acceptors (Lipinski definition) is 13. The van der Waals surface area contributed by atoms with Crippen LogP contribution in [-0.2, 0) is 23.7 Å². The molecule has 492 valence electrons. The van der Waals surface area contributed by atoms with Gasteiger partial charge in [-0.15, -0.1) is 0 Å². The summed E-state index contributed by atoms with van der Waals surface area (Å²) in [5.41, 5.74) is 0. The van der Waals surface area contributed by atoms with Gasteiger partial charge in [0.15, 0.2) is 12.6 Å². The van der Waals surface area contributed by atoms with E-state index in [1.807, 2.05) is 0 Å². The van der Waals surface area contributed by atoms with Crippen molar-refractivity contribution in [2.45, 2.75) is 402 Å². The number of allylic oxidation sites excluding steroid dienone is 2. The van der Waals surface area contributed by atoms with Gasteiger partial charge in [0.1, 0.15) is 48.8 Å². The van der Waals surface area contributed by atoms with E-state index in [2.05, 4.69) is 31.3 Å². The maximum atomic E-state index is 13.3. The summed E-state index contributed by atoms with van der Waals surface area (Å²) in [4.78, 5) is 13.3. The monoisotopic (exact) mass is 1180 g/mol. The van der Waals surface area contributed by atoms with Crippen LogP contribution in [0.1, 0.15) is 328 Å². The van der Waals surface area contributed by atoms with Crippen molar-refractivity contribution in [1.29, 1.82) is 0 Å². The minimum atomic E-state index is -1.78. The lowest BCUT2D eigenvalue weighted by molar-refractivity contribution is -0.359. The van der Waals surface area contributed by atoms with Gasteiger partial charge in [-0.25, -0.2) is 0 Å². The van der Waals surface area contributed by atoms with Crippen molar-refractivity contribution in [3.05, 3.63) is 12.2 Å². The van der Waals surface area contributed by atoms with E-state index in [4.69, 9.17) is 18.9 Å². The number of ether oxygens (including phenoxy) is 4. The van der Waals surface area contributed by atoms with Crippen LogP contribution in [-0.4, -0.2) is 140 Å². The minimum Gasteiger partial charge on any atom is -0.394 e. The SMILES string of the molecule is CCCCCCCCCC/C=C\CCCCCCCCCCCCCCCCCCCCCCCCCC(=O)NC(COC1OC(CO)C(OC2OC(CO)C(O)C(O)C2O)C(O)C1O)C(O)CCCCCCCCCCCCCCCC. The van der Waals surface area contributed by atoms with Crippen molar-refractivity contribution in [1.82, 2.24) is 5.32 Å². The average Bonchev–Trinajstić information content (AvgIpc) is 3.64. The van der Waals surface area contributed by atoms with Gasteiger partial charge in [0.25, 0.3) is 0 Å². The van der Waals surface area contributed by atoms with Gasteiger partial charge in [0, 0.05) is 6.42 Å². The Hall–Kier alpha value is -1.27. The van der Waals surface area contributed by atoms with Gasteiger partial charge in [-0.1, -0.05) is 296 Å². The molecule has 2 aliphatic heterocycles. The summed E-state index contributed by atoms with van der Waals surface area (Å²) in [7, 11) is 0. The van der Waals surface area contributed by atoms with Crippen LogP contribution in [0.25, 0.3) is 0 Å². The van der Waals surface area contributed by atoms with Crippen molar-refractivity contribution in [3.8, 4) is 0 Å². The van der Waals surface area contributed by atoms with E-state index < -0.39 is 86.8 Å². The molecule has 0 bridgehead atoms. The lowest BCUT2D eigenvalue weighted by atomic mass is 9.97. The highest BCUT2D eigenvalue weighted by atomic mass is 16.7. The van der Waals surface area contributed by atoms with Crippen LogP contribution in [0.2, 0.25) is 0 Å². The number of aliphatic hydroxyl groups is 8. The second-order valence-electron chi connectivity index (χ2n) is 25.4. The van der Waals surface area contributed by atoms with Crippen molar-refractivity contribution in [2.24, 2.45) is 0 Å². The number of amides is 1. The van der Waals surface area contributed by atoms with Gasteiger partial charge in [0.05, 0.1) is 32.0 Å². The fourth-order valence-corrected chi connectivity index (χ4v) is 12.1. The highest BCUT2D eigenvalue weighted by Gasteiger charge is 2.51. The summed E-state index contributed by atoms with van der Waals surface area (Å²) in [6.45, 7) is 2.90. The van der Waals surface area contributed by atoms with Crippen LogP contribution in [0.5, 0.6) is 0 Å². The van der Waals surface area contributed by atoms with Gasteiger partial charge in [-0.2, -0.15) is 0 Å². The van der Waals surface area contributed by atoms with Crippen molar-refractivity contribution in [2.75, 3.05) is 19.8 Å². The van der Waals surface area contributed by atoms with Crippen LogP contribution >= 0.6 is 0 Å². The summed E-state index contributed by atoms with van der Waals surface area (Å²) < 4.78 is 22.9. The molecule has 12 unspecified atom stereocenters. The average molecular weight is 1180 g/mol. The quantitative estimate of drug-likeness (QED) is 0.0204. The molecular formula is C69H133NO13. The number of hydrogen-bond donors (Lipinski definition) is 9. The Kier molecular flexibility index (Phi) is 51.4. The Balaban J connectivity index is 1.57. The number of rotatable bonds is 59. The highest BCUT2D eigenvalue weighted by molar-refractivity contribution is 5.76. The topological polar surface area (TPSA) is 228 Å². The predicted octanol–water partition coefficient (Wildman–Crippen LogP) is 14.2. The number of carbonyl (C=O) groups is 1. The lowest BCUT2D eigenvalue weighted by Crippen LogP contribution is -2.65. The zero-order chi connectivity index (χ0) is 60.2. The standard InChI is InChI=1S/C69H133NO13/c1-3-5-7-9-11-13-15-17-19-20-21-22-23-24-25-26-27-28-29-30-31-32-33-34-35-36-37-38-39-41-43-45-47-49-51-53-61(74)70-57(58(73)52-50-48-46-44-42-40-18-16-14-12-10-8-6-4-2)56-80-68-66(79)64(77)67(60(55-72)82-68)83-69-65(78)63(76)62(75)59(54-71)81-69/h20-21,57-60,62-69,71-73,75-79H,3-19,22-56H2,1-2H3,(H,70,74)/b21-20-. The molecular weight excluding hydrogens is 1050 g/mol. The van der Waals surface area contributed by atoms with Crippen molar-refractivity contribution >= 4 is 5.91 Å². The Morgan fingerprint density at radius 3 is 1.14 bits per heavy atom. The molecule has 0 aliphatic carbocycles. The first kappa shape index (κ1) is 77.8. The molecule has 2 rings (SSSR count). The molecule has 0 aromatic carbocycles. The number of carbonyl (C=O) groups excluding carboxylic acids is 1. The van der Waals surface area contributed by atoms with Gasteiger partial charge in [-0.05, 0) is 38.5 Å². The smallest absolute Gasteiger partial charge is 0.220 e.